The van der Waals surface area contributed by atoms with Gasteiger partial charge in [0.25, 0.3) is 0 Å². The molecule has 2 aromatic rings. The summed E-state index contributed by atoms with van der Waals surface area (Å²) in [4.78, 5) is 2.61. The number of rotatable bonds is 9. The molecule has 8 heteroatoms. The zero-order valence-electron chi connectivity index (χ0n) is 19.9. The molecule has 0 unspecified atom stereocenters. The Kier molecular flexibility index (Phi) is 10.6. The number of benzene rings is 2. The van der Waals surface area contributed by atoms with Crippen molar-refractivity contribution < 1.29 is 0 Å². The number of thioether (sulfide) groups is 6. The first kappa shape index (κ1) is 27.5. The Balaban J connectivity index is 1.81. The second-order valence-corrected chi connectivity index (χ2v) is 15.4. The quantitative estimate of drug-likeness (QED) is 0.271. The van der Waals surface area contributed by atoms with E-state index in [1.807, 2.05) is 47.0 Å². The zero-order valence-corrected chi connectivity index (χ0v) is 24.8. The maximum absolute atomic E-state index is 8.99. The SMILES string of the molecule is CC1=C(SCCC#N)S/C(=C(/C(=C2\SC(C)=C(SCCC#N)S2)c2ccccc2)c2ccccc2)S1. The van der Waals surface area contributed by atoms with Gasteiger partial charge >= 0.3 is 0 Å². The molecule has 0 saturated carbocycles. The van der Waals surface area contributed by atoms with E-state index in [0.29, 0.717) is 12.8 Å². The number of nitriles is 2. The van der Waals surface area contributed by atoms with Gasteiger partial charge in [-0.3, -0.25) is 0 Å². The molecule has 2 aliphatic rings. The molecular weight excluding hydrogens is 557 g/mol. The van der Waals surface area contributed by atoms with Crippen molar-refractivity contribution in [2.24, 2.45) is 0 Å². The lowest BCUT2D eigenvalue weighted by Gasteiger charge is -2.19. The van der Waals surface area contributed by atoms with Crippen LogP contribution in [-0.2, 0) is 0 Å². The maximum atomic E-state index is 8.99. The Bertz CT molecular complexity index is 1210. The molecule has 0 amide bonds. The van der Waals surface area contributed by atoms with Gasteiger partial charge < -0.3 is 0 Å². The Morgan fingerprint density at radius 3 is 1.39 bits per heavy atom. The molecule has 2 aliphatic heterocycles. The molecule has 36 heavy (non-hydrogen) atoms. The Labute approximate surface area is 239 Å². The molecule has 0 saturated heterocycles. The molecular formula is C28H24N2S6. The average molecular weight is 581 g/mol. The van der Waals surface area contributed by atoms with Crippen molar-refractivity contribution in [1.82, 2.24) is 0 Å². The van der Waals surface area contributed by atoms with Gasteiger partial charge in [-0.1, -0.05) is 108 Å². The normalized spacial score (nSPS) is 18.3. The van der Waals surface area contributed by atoms with E-state index < -0.39 is 0 Å². The largest absolute Gasteiger partial charge is 0.198 e. The lowest BCUT2D eigenvalue weighted by Crippen LogP contribution is -1.95. The molecule has 4 rings (SSSR count). The monoisotopic (exact) mass is 580 g/mol. The van der Waals surface area contributed by atoms with Gasteiger partial charge in [0, 0.05) is 45.3 Å². The fourth-order valence-corrected chi connectivity index (χ4v) is 11.8. The summed E-state index contributed by atoms with van der Waals surface area (Å²) in [5, 5.41) is 18.0. The Morgan fingerprint density at radius 2 is 1.03 bits per heavy atom. The van der Waals surface area contributed by atoms with E-state index in [2.05, 4.69) is 86.6 Å². The topological polar surface area (TPSA) is 47.6 Å². The maximum Gasteiger partial charge on any atom is 0.0630 e. The molecule has 0 spiro atoms. The van der Waals surface area contributed by atoms with Gasteiger partial charge in [0.2, 0.25) is 0 Å². The smallest absolute Gasteiger partial charge is 0.0630 e. The van der Waals surface area contributed by atoms with Crippen LogP contribution >= 0.6 is 70.6 Å². The van der Waals surface area contributed by atoms with Crippen LogP contribution in [0.2, 0.25) is 0 Å². The first-order valence-corrected chi connectivity index (χ1v) is 16.6. The minimum absolute atomic E-state index is 0.557. The molecule has 2 nitrogen and oxygen atoms in total. The summed E-state index contributed by atoms with van der Waals surface area (Å²) < 4.78 is 5.16. The highest BCUT2D eigenvalue weighted by Gasteiger charge is 2.29. The standard InChI is InChI=1S/C28H24N2S6/c1-19-25(31-17-9-15-29)35-27(33-19)23(21-11-5-3-6-12-21)24(22-13-7-4-8-14-22)28-34-20(2)26(36-28)32-18-10-16-30/h3-8,11-14H,9-10,17-18H2,1-2H3/b27-23+,28-24+. The predicted octanol–water partition coefficient (Wildman–Crippen LogP) is 10.4. The molecule has 0 radical (unpaired) electrons. The van der Waals surface area contributed by atoms with Crippen LogP contribution in [0, 0.1) is 22.7 Å². The molecule has 0 fully saturated rings. The first-order chi connectivity index (χ1) is 17.6. The number of hydrogen-bond donors (Lipinski definition) is 0. The first-order valence-electron chi connectivity index (χ1n) is 11.3. The van der Waals surface area contributed by atoms with E-state index in [4.69, 9.17) is 10.5 Å². The molecule has 2 heterocycles. The van der Waals surface area contributed by atoms with Crippen molar-refractivity contribution in [2.75, 3.05) is 11.5 Å². The number of hydrogen-bond acceptors (Lipinski definition) is 8. The second kappa shape index (κ2) is 13.9. The van der Waals surface area contributed by atoms with Crippen LogP contribution in [0.4, 0.5) is 0 Å². The zero-order chi connectivity index (χ0) is 25.3. The molecule has 0 bridgehead atoms. The van der Waals surface area contributed by atoms with Crippen molar-refractivity contribution in [3.63, 3.8) is 0 Å². The van der Waals surface area contributed by atoms with Crippen molar-refractivity contribution in [3.8, 4) is 12.1 Å². The van der Waals surface area contributed by atoms with Crippen LogP contribution in [0.1, 0.15) is 37.8 Å². The van der Waals surface area contributed by atoms with Gasteiger partial charge in [0.1, 0.15) is 0 Å². The van der Waals surface area contributed by atoms with Gasteiger partial charge in [0.15, 0.2) is 0 Å². The lowest BCUT2D eigenvalue weighted by molar-refractivity contribution is 1.24. The van der Waals surface area contributed by atoms with Crippen molar-refractivity contribution in [2.45, 2.75) is 26.7 Å². The van der Waals surface area contributed by atoms with E-state index in [1.165, 1.54) is 49.0 Å². The molecule has 182 valence electrons. The Hall–Kier alpha value is -1.52. The Morgan fingerprint density at radius 1 is 0.639 bits per heavy atom. The van der Waals surface area contributed by atoms with Gasteiger partial charge in [-0.05, 0) is 25.0 Å². The van der Waals surface area contributed by atoms with Gasteiger partial charge in [0.05, 0.1) is 29.1 Å². The van der Waals surface area contributed by atoms with E-state index in [0.717, 1.165) is 11.5 Å². The van der Waals surface area contributed by atoms with Crippen LogP contribution in [-0.4, -0.2) is 11.5 Å². The summed E-state index contributed by atoms with van der Waals surface area (Å²) in [7, 11) is 0. The number of nitrogens with zero attached hydrogens (tertiary/aromatic N) is 2. The third-order valence-corrected chi connectivity index (χ3v) is 13.4. The van der Waals surface area contributed by atoms with Crippen LogP contribution in [0.25, 0.3) is 11.1 Å². The van der Waals surface area contributed by atoms with Crippen molar-refractivity contribution in [3.05, 3.63) is 98.5 Å². The minimum Gasteiger partial charge on any atom is -0.198 e. The highest BCUT2D eigenvalue weighted by Crippen LogP contribution is 2.61. The average Bonchev–Trinajstić information content (AvgIpc) is 3.45. The van der Waals surface area contributed by atoms with E-state index >= 15 is 0 Å². The summed E-state index contributed by atoms with van der Waals surface area (Å²) in [6, 6.07) is 25.9. The van der Waals surface area contributed by atoms with Crippen LogP contribution in [0.15, 0.2) is 87.4 Å². The van der Waals surface area contributed by atoms with E-state index in [9.17, 15) is 0 Å². The second-order valence-electron chi connectivity index (χ2n) is 7.67. The third-order valence-electron chi connectivity index (χ3n) is 5.11. The third kappa shape index (κ3) is 6.86. The summed E-state index contributed by atoms with van der Waals surface area (Å²) >= 11 is 10.9. The molecule has 0 atom stereocenters. The van der Waals surface area contributed by atoms with Gasteiger partial charge in [-0.25, -0.2) is 0 Å². The molecule has 0 aromatic heterocycles. The predicted molar refractivity (Wildman–Crippen MR) is 168 cm³/mol. The highest BCUT2D eigenvalue weighted by molar-refractivity contribution is 8.36. The summed E-state index contributed by atoms with van der Waals surface area (Å²) in [6.45, 7) is 4.37. The summed E-state index contributed by atoms with van der Waals surface area (Å²) in [5.74, 6) is 1.63. The summed E-state index contributed by atoms with van der Waals surface area (Å²) in [5.41, 5.74) is 4.94. The van der Waals surface area contributed by atoms with E-state index in [-0.39, 0.29) is 0 Å². The fourth-order valence-electron chi connectivity index (χ4n) is 3.50. The molecule has 0 N–H and O–H groups in total. The summed E-state index contributed by atoms with van der Waals surface area (Å²) in [6.07, 6.45) is 1.11. The molecule has 0 aliphatic carbocycles. The lowest BCUT2D eigenvalue weighted by atomic mass is 9.95. The highest BCUT2D eigenvalue weighted by atomic mass is 32.2. The van der Waals surface area contributed by atoms with Gasteiger partial charge in [-0.15, -0.1) is 23.5 Å². The minimum atomic E-state index is 0.557. The van der Waals surface area contributed by atoms with Gasteiger partial charge in [-0.2, -0.15) is 10.5 Å². The van der Waals surface area contributed by atoms with E-state index in [1.54, 1.807) is 23.5 Å². The van der Waals surface area contributed by atoms with Crippen LogP contribution in [0.3, 0.4) is 0 Å². The van der Waals surface area contributed by atoms with Crippen LogP contribution in [0.5, 0.6) is 0 Å². The molecule has 2 aromatic carbocycles. The fraction of sp³-hybridized carbons (Fsp3) is 0.214. The van der Waals surface area contributed by atoms with Crippen molar-refractivity contribution >= 4 is 81.7 Å². The van der Waals surface area contributed by atoms with Crippen molar-refractivity contribution in [1.29, 1.82) is 10.5 Å². The number of allylic oxidation sites excluding steroid dienone is 4. The van der Waals surface area contributed by atoms with Crippen LogP contribution < -0.4 is 0 Å².